The van der Waals surface area contributed by atoms with Gasteiger partial charge in [-0.15, -0.1) is 0 Å². The number of hydrogen-bond acceptors (Lipinski definition) is 6. The Morgan fingerprint density at radius 2 is 1.24 bits per heavy atom. The molecule has 0 aromatic heterocycles. The van der Waals surface area contributed by atoms with E-state index in [0.717, 1.165) is 58.7 Å². The normalized spacial score (nSPS) is 16.2. The summed E-state index contributed by atoms with van der Waals surface area (Å²) in [5.74, 6) is -3.18. The number of piperidine rings is 1. The number of carbonyl (C=O) groups excluding carboxylic acids is 1. The molecule has 0 aliphatic carbocycles. The number of likely N-dealkylation sites (tertiary alicyclic amines) is 1. The summed E-state index contributed by atoms with van der Waals surface area (Å²) >= 11 is 0. The van der Waals surface area contributed by atoms with E-state index in [0.29, 0.717) is 11.5 Å². The van der Waals surface area contributed by atoms with Crippen molar-refractivity contribution in [1.82, 2.24) is 14.7 Å². The Morgan fingerprint density at radius 3 is 1.69 bits per heavy atom. The molecule has 218 valence electrons. The number of carbonyl (C=O) groups is 3. The number of hydrogen-bond donors (Lipinski definition) is 2. The molecule has 0 spiro atoms. The second-order valence-electron chi connectivity index (χ2n) is 10.6. The van der Waals surface area contributed by atoms with Crippen LogP contribution < -0.4 is 0 Å². The molecule has 3 aromatic carbocycles. The lowest BCUT2D eigenvalue weighted by Gasteiger charge is -2.41. The molecule has 0 radical (unpaired) electrons. The Morgan fingerprint density at radius 1 is 0.738 bits per heavy atom. The molecule has 2 aliphatic rings. The van der Waals surface area contributed by atoms with E-state index >= 15 is 0 Å². The third kappa shape index (κ3) is 8.26. The Hall–Kier alpha value is -4.52. The van der Waals surface area contributed by atoms with Gasteiger partial charge in [-0.3, -0.25) is 14.6 Å². The topological polar surface area (TPSA) is 125 Å². The maximum Gasteiger partial charge on any atom is 0.414 e. The minimum absolute atomic E-state index is 0.132. The Labute approximate surface area is 246 Å². The fourth-order valence-electron chi connectivity index (χ4n) is 5.62. The molecule has 9 heteroatoms. The van der Waals surface area contributed by atoms with Crippen molar-refractivity contribution in [3.63, 3.8) is 0 Å². The minimum atomic E-state index is -1.82. The number of rotatable bonds is 6. The van der Waals surface area contributed by atoms with E-state index in [9.17, 15) is 4.79 Å². The quantitative estimate of drug-likeness (QED) is 0.430. The van der Waals surface area contributed by atoms with Crippen LogP contribution in [0.4, 0.5) is 0 Å². The van der Waals surface area contributed by atoms with Gasteiger partial charge in [0.15, 0.2) is 0 Å². The molecular weight excluding hydrogens is 532 g/mol. The van der Waals surface area contributed by atoms with Crippen LogP contribution >= 0.6 is 0 Å². The summed E-state index contributed by atoms with van der Waals surface area (Å²) < 4.78 is 0. The van der Waals surface area contributed by atoms with Gasteiger partial charge in [0.05, 0.1) is 17.7 Å². The zero-order valence-corrected chi connectivity index (χ0v) is 23.5. The van der Waals surface area contributed by atoms with E-state index in [-0.39, 0.29) is 12.0 Å². The van der Waals surface area contributed by atoms with Crippen molar-refractivity contribution in [2.75, 3.05) is 39.3 Å². The van der Waals surface area contributed by atoms with E-state index in [1.807, 2.05) is 24.3 Å². The van der Waals surface area contributed by atoms with Crippen LogP contribution in [0, 0.1) is 17.2 Å². The summed E-state index contributed by atoms with van der Waals surface area (Å²) in [4.78, 5) is 38.6. The average Bonchev–Trinajstić information content (AvgIpc) is 3.03. The third-order valence-electron chi connectivity index (χ3n) is 7.83. The molecule has 42 heavy (non-hydrogen) atoms. The second kappa shape index (κ2) is 14.9. The number of benzene rings is 3. The van der Waals surface area contributed by atoms with Gasteiger partial charge >= 0.3 is 11.9 Å². The van der Waals surface area contributed by atoms with Gasteiger partial charge in [-0.1, -0.05) is 72.8 Å². The first-order valence-corrected chi connectivity index (χ1v) is 14.2. The molecular formula is C33H36N4O5. The van der Waals surface area contributed by atoms with Crippen LogP contribution in [0.15, 0.2) is 84.9 Å². The average molecular weight is 569 g/mol. The zero-order valence-electron chi connectivity index (χ0n) is 23.5. The van der Waals surface area contributed by atoms with Crippen molar-refractivity contribution in [1.29, 1.82) is 5.26 Å². The number of nitrogens with zero attached hydrogens (tertiary/aromatic N) is 4. The summed E-state index contributed by atoms with van der Waals surface area (Å²) in [6.45, 7) is 6.13. The third-order valence-corrected chi connectivity index (χ3v) is 7.83. The minimum Gasteiger partial charge on any atom is -0.473 e. The largest absolute Gasteiger partial charge is 0.473 e. The van der Waals surface area contributed by atoms with E-state index in [1.165, 1.54) is 16.7 Å². The number of carboxylic acids is 2. The van der Waals surface area contributed by atoms with Gasteiger partial charge in [-0.25, -0.2) is 9.59 Å². The fraction of sp³-hybridized carbons (Fsp3) is 0.333. The van der Waals surface area contributed by atoms with Crippen LogP contribution in [0.2, 0.25) is 0 Å². The van der Waals surface area contributed by atoms with E-state index in [4.69, 9.17) is 25.1 Å². The van der Waals surface area contributed by atoms with Crippen molar-refractivity contribution < 1.29 is 24.6 Å². The Balaban J connectivity index is 0.000000612. The molecule has 2 N–H and O–H groups in total. The van der Waals surface area contributed by atoms with Crippen molar-refractivity contribution in [2.45, 2.75) is 25.4 Å². The van der Waals surface area contributed by atoms with Crippen LogP contribution in [0.25, 0.3) is 0 Å². The SMILES string of the molecule is N#Cc1ccc(CN2CCC(C(=O)N3CCN(C(c4ccccc4)c4ccccc4)CC3)CC2)cc1.O=C(O)C(=O)O. The van der Waals surface area contributed by atoms with Crippen molar-refractivity contribution in [3.8, 4) is 6.07 Å². The Bertz CT molecular complexity index is 1310. The van der Waals surface area contributed by atoms with E-state index in [2.05, 4.69) is 81.4 Å². The monoisotopic (exact) mass is 568 g/mol. The molecule has 0 saturated carbocycles. The summed E-state index contributed by atoms with van der Waals surface area (Å²) in [6.07, 6.45) is 1.85. The van der Waals surface area contributed by atoms with Crippen LogP contribution in [0.1, 0.15) is 41.1 Å². The summed E-state index contributed by atoms with van der Waals surface area (Å²) in [5, 5.41) is 23.8. The van der Waals surface area contributed by atoms with Crippen LogP contribution in [0.3, 0.4) is 0 Å². The number of amides is 1. The smallest absolute Gasteiger partial charge is 0.414 e. The van der Waals surface area contributed by atoms with Gasteiger partial charge in [0.2, 0.25) is 5.91 Å². The molecule has 3 aromatic rings. The first-order chi connectivity index (χ1) is 20.4. The maximum atomic E-state index is 13.4. The van der Waals surface area contributed by atoms with E-state index < -0.39 is 11.9 Å². The highest BCUT2D eigenvalue weighted by Crippen LogP contribution is 2.30. The molecule has 2 heterocycles. The van der Waals surface area contributed by atoms with Crippen LogP contribution in [-0.2, 0) is 20.9 Å². The number of carboxylic acid groups (broad SMARTS) is 2. The number of piperazine rings is 1. The lowest BCUT2D eigenvalue weighted by atomic mass is 9.94. The van der Waals surface area contributed by atoms with Gasteiger partial charge < -0.3 is 15.1 Å². The van der Waals surface area contributed by atoms with Gasteiger partial charge in [0, 0.05) is 38.6 Å². The first-order valence-electron chi connectivity index (χ1n) is 14.2. The summed E-state index contributed by atoms with van der Waals surface area (Å²) in [6, 6.07) is 31.6. The predicted molar refractivity (Wildman–Crippen MR) is 157 cm³/mol. The second-order valence-corrected chi connectivity index (χ2v) is 10.6. The van der Waals surface area contributed by atoms with Gasteiger partial charge in [-0.05, 0) is 54.8 Å². The lowest BCUT2D eigenvalue weighted by molar-refractivity contribution is -0.159. The van der Waals surface area contributed by atoms with Crippen molar-refractivity contribution in [2.24, 2.45) is 5.92 Å². The molecule has 5 rings (SSSR count). The molecule has 2 aliphatic heterocycles. The molecule has 1 amide bonds. The molecule has 0 atom stereocenters. The highest BCUT2D eigenvalue weighted by atomic mass is 16.4. The summed E-state index contributed by atoms with van der Waals surface area (Å²) in [7, 11) is 0. The Kier molecular flexibility index (Phi) is 10.8. The molecule has 0 unspecified atom stereocenters. The van der Waals surface area contributed by atoms with E-state index in [1.54, 1.807) is 0 Å². The van der Waals surface area contributed by atoms with Crippen molar-refractivity contribution >= 4 is 17.8 Å². The fourth-order valence-corrected chi connectivity index (χ4v) is 5.62. The maximum absolute atomic E-state index is 13.4. The molecule has 0 bridgehead atoms. The molecule has 9 nitrogen and oxygen atoms in total. The van der Waals surface area contributed by atoms with Gasteiger partial charge in [0.25, 0.3) is 0 Å². The highest BCUT2D eigenvalue weighted by Gasteiger charge is 2.32. The summed E-state index contributed by atoms with van der Waals surface area (Å²) in [5.41, 5.74) is 4.53. The lowest BCUT2D eigenvalue weighted by Crippen LogP contribution is -2.52. The van der Waals surface area contributed by atoms with Gasteiger partial charge in [0.1, 0.15) is 0 Å². The van der Waals surface area contributed by atoms with Crippen LogP contribution in [-0.4, -0.2) is 82.0 Å². The number of nitriles is 1. The van der Waals surface area contributed by atoms with Crippen LogP contribution in [0.5, 0.6) is 0 Å². The standard InChI is InChI=1S/C31H34N4O.C2H2O4/c32-23-25-11-13-26(14-12-25)24-33-17-15-29(16-18-33)31(36)35-21-19-34(20-22-35)30(27-7-3-1-4-8-27)28-9-5-2-6-10-28;3-1(4)2(5)6/h1-14,29-30H,15-22,24H2;(H,3,4)(H,5,6). The number of aliphatic carboxylic acids is 2. The van der Waals surface area contributed by atoms with Gasteiger partial charge in [-0.2, -0.15) is 5.26 Å². The highest BCUT2D eigenvalue weighted by molar-refractivity contribution is 6.27. The predicted octanol–water partition coefficient (Wildman–Crippen LogP) is 3.86. The molecule has 2 fully saturated rings. The molecule has 2 saturated heterocycles. The zero-order chi connectivity index (χ0) is 29.9. The first kappa shape index (κ1) is 30.4. The van der Waals surface area contributed by atoms with Crippen molar-refractivity contribution in [3.05, 3.63) is 107 Å².